The Morgan fingerprint density at radius 2 is 0.806 bits per heavy atom. The molecule has 0 saturated heterocycles. The number of phenolic OH excluding ortho intramolecular Hbond substituents is 3. The molecule has 0 amide bonds. The van der Waals surface area contributed by atoms with Crippen LogP contribution in [0.4, 0.5) is 0 Å². The molecular formula is C24H31Cl3O4. The van der Waals surface area contributed by atoms with Gasteiger partial charge in [0.2, 0.25) is 0 Å². The second-order valence-electron chi connectivity index (χ2n) is 6.16. The lowest BCUT2D eigenvalue weighted by atomic mass is 10.2. The molecule has 0 saturated carbocycles. The fourth-order valence-corrected chi connectivity index (χ4v) is 1.54. The highest BCUT2D eigenvalue weighted by molar-refractivity contribution is 6.63. The molecule has 0 spiro atoms. The second kappa shape index (κ2) is 22.6. The van der Waals surface area contributed by atoms with Gasteiger partial charge in [0.25, 0.3) is 0 Å². The van der Waals surface area contributed by atoms with Crippen molar-refractivity contribution in [3.05, 3.63) is 91.0 Å². The summed E-state index contributed by atoms with van der Waals surface area (Å²) in [6.45, 7) is 4.52. The molecule has 3 aromatic carbocycles. The smallest absolute Gasteiger partial charge is 0.180 e. The van der Waals surface area contributed by atoms with Crippen LogP contribution in [0, 0.1) is 5.92 Å². The van der Waals surface area contributed by atoms with E-state index in [0.29, 0.717) is 29.8 Å². The third kappa shape index (κ3) is 30.2. The molecule has 0 aliphatic rings. The molecule has 4 nitrogen and oxygen atoms in total. The molecule has 0 unspecified atom stereocenters. The minimum atomic E-state index is -0.750. The lowest BCUT2D eigenvalue weighted by Gasteiger charge is -1.95. The molecule has 3 rings (SSSR count). The topological polar surface area (TPSA) is 80.9 Å². The zero-order chi connectivity index (χ0) is 23.9. The normalized spacial score (nSPS) is 8.90. The van der Waals surface area contributed by atoms with E-state index in [1.54, 1.807) is 72.8 Å². The second-order valence-corrected chi connectivity index (χ2v) is 8.14. The first-order valence-corrected chi connectivity index (χ1v) is 10.7. The number of benzene rings is 3. The van der Waals surface area contributed by atoms with Crippen molar-refractivity contribution in [1.29, 1.82) is 0 Å². The molecule has 0 atom stereocenters. The molecule has 0 aromatic heterocycles. The third-order valence-electron chi connectivity index (χ3n) is 2.98. The van der Waals surface area contributed by atoms with E-state index < -0.39 is 4.30 Å². The molecular weight excluding hydrogens is 459 g/mol. The van der Waals surface area contributed by atoms with Gasteiger partial charge in [-0.2, -0.15) is 0 Å². The first-order chi connectivity index (χ1) is 14.7. The molecule has 172 valence electrons. The number of halogens is 3. The summed E-state index contributed by atoms with van der Waals surface area (Å²) >= 11 is 14.4. The molecule has 0 fully saturated rings. The molecule has 3 aromatic rings. The number of hydrogen-bond acceptors (Lipinski definition) is 4. The van der Waals surface area contributed by atoms with Gasteiger partial charge >= 0.3 is 0 Å². The van der Waals surface area contributed by atoms with Gasteiger partial charge in [-0.1, -0.05) is 103 Å². The van der Waals surface area contributed by atoms with E-state index in [1.165, 1.54) is 0 Å². The zero-order valence-corrected chi connectivity index (χ0v) is 19.9. The summed E-state index contributed by atoms with van der Waals surface area (Å²) in [5.74, 6) is 1.61. The van der Waals surface area contributed by atoms with Crippen LogP contribution in [-0.2, 0) is 0 Å². The van der Waals surface area contributed by atoms with Gasteiger partial charge in [0, 0.05) is 6.61 Å². The summed E-state index contributed by atoms with van der Waals surface area (Å²) in [7, 11) is 0. The SMILES string of the molecule is CC(C)CCO.ClC(Cl)Cl.Oc1ccccc1.Oc1ccccc1.Oc1ccccc1. The minimum Gasteiger partial charge on any atom is -0.508 e. The highest BCUT2D eigenvalue weighted by atomic mass is 35.6. The van der Waals surface area contributed by atoms with Crippen molar-refractivity contribution < 1.29 is 20.4 Å². The van der Waals surface area contributed by atoms with Crippen LogP contribution in [0.2, 0.25) is 0 Å². The Balaban J connectivity index is 0. The molecule has 7 heteroatoms. The van der Waals surface area contributed by atoms with Crippen molar-refractivity contribution in [1.82, 2.24) is 0 Å². The predicted molar refractivity (Wildman–Crippen MR) is 132 cm³/mol. The standard InChI is InChI=1S/3C6H6O.C5H12O.CHCl3/c3*7-6-4-2-1-3-5-6;1-5(2)3-4-6;2-1(3)4/h3*1-5,7H;5-6H,3-4H2,1-2H3;1H. The number of para-hydroxylation sites is 3. The summed E-state index contributed by atoms with van der Waals surface area (Å²) in [4.78, 5) is 0. The van der Waals surface area contributed by atoms with Crippen LogP contribution >= 0.6 is 34.8 Å². The molecule has 0 bridgehead atoms. The van der Waals surface area contributed by atoms with Crippen molar-refractivity contribution in [3.8, 4) is 17.2 Å². The average molecular weight is 490 g/mol. The van der Waals surface area contributed by atoms with Gasteiger partial charge in [-0.3, -0.25) is 0 Å². The van der Waals surface area contributed by atoms with Gasteiger partial charge < -0.3 is 20.4 Å². The number of alkyl halides is 3. The molecule has 0 aliphatic carbocycles. The summed E-state index contributed by atoms with van der Waals surface area (Å²) in [5, 5.41) is 34.1. The van der Waals surface area contributed by atoms with E-state index in [0.717, 1.165) is 6.42 Å². The number of aromatic hydroxyl groups is 3. The van der Waals surface area contributed by atoms with E-state index in [-0.39, 0.29) is 0 Å². The summed E-state index contributed by atoms with van der Waals surface area (Å²) in [5.41, 5.74) is 0. The van der Waals surface area contributed by atoms with E-state index in [4.69, 9.17) is 55.2 Å². The van der Waals surface area contributed by atoms with Crippen LogP contribution in [0.5, 0.6) is 17.2 Å². The van der Waals surface area contributed by atoms with Crippen LogP contribution in [-0.4, -0.2) is 31.3 Å². The Hall–Kier alpha value is -2.11. The van der Waals surface area contributed by atoms with Crippen LogP contribution in [0.25, 0.3) is 0 Å². The summed E-state index contributed by atoms with van der Waals surface area (Å²) < 4.78 is -0.750. The fraction of sp³-hybridized carbons (Fsp3) is 0.250. The maximum atomic E-state index is 8.63. The maximum Gasteiger partial charge on any atom is 0.180 e. The fourth-order valence-electron chi connectivity index (χ4n) is 1.54. The number of phenols is 3. The Morgan fingerprint density at radius 3 is 0.871 bits per heavy atom. The Kier molecular flexibility index (Phi) is 22.6. The lowest BCUT2D eigenvalue weighted by Crippen LogP contribution is -1.89. The van der Waals surface area contributed by atoms with Gasteiger partial charge in [-0.15, -0.1) is 0 Å². The molecule has 0 heterocycles. The highest BCUT2D eigenvalue weighted by Gasteiger charge is 1.86. The summed E-state index contributed by atoms with van der Waals surface area (Å²) in [6.07, 6.45) is 0.931. The van der Waals surface area contributed by atoms with Gasteiger partial charge in [-0.25, -0.2) is 0 Å². The highest BCUT2D eigenvalue weighted by Crippen LogP contribution is 2.04. The number of rotatable bonds is 2. The quantitative estimate of drug-likeness (QED) is 0.287. The van der Waals surface area contributed by atoms with Crippen molar-refractivity contribution >= 4 is 34.8 Å². The monoisotopic (exact) mass is 488 g/mol. The summed E-state index contributed by atoms with van der Waals surface area (Å²) in [6, 6.07) is 26.1. The molecule has 0 aliphatic heterocycles. The van der Waals surface area contributed by atoms with Crippen molar-refractivity contribution in [2.75, 3.05) is 6.61 Å². The van der Waals surface area contributed by atoms with Gasteiger partial charge in [0.05, 0.1) is 0 Å². The predicted octanol–water partition coefficient (Wildman–Crippen LogP) is 7.19. The minimum absolute atomic E-state index is 0.322. The molecule has 0 radical (unpaired) electrons. The number of aliphatic hydroxyl groups excluding tert-OH is 1. The first-order valence-electron chi connectivity index (χ1n) is 9.44. The van der Waals surface area contributed by atoms with Gasteiger partial charge in [-0.05, 0) is 48.7 Å². The number of hydrogen-bond donors (Lipinski definition) is 4. The largest absolute Gasteiger partial charge is 0.508 e. The molecule has 4 N–H and O–H groups in total. The van der Waals surface area contributed by atoms with Gasteiger partial charge in [0.15, 0.2) is 4.30 Å². The van der Waals surface area contributed by atoms with Crippen LogP contribution in [0.3, 0.4) is 0 Å². The Morgan fingerprint density at radius 1 is 0.581 bits per heavy atom. The van der Waals surface area contributed by atoms with Crippen LogP contribution in [0.15, 0.2) is 91.0 Å². The van der Waals surface area contributed by atoms with E-state index in [9.17, 15) is 0 Å². The Labute approximate surface area is 200 Å². The van der Waals surface area contributed by atoms with Crippen molar-refractivity contribution in [2.24, 2.45) is 5.92 Å². The Bertz CT molecular complexity index is 621. The van der Waals surface area contributed by atoms with Crippen LogP contribution < -0.4 is 0 Å². The third-order valence-corrected chi connectivity index (χ3v) is 2.98. The van der Waals surface area contributed by atoms with E-state index in [2.05, 4.69) is 13.8 Å². The van der Waals surface area contributed by atoms with Gasteiger partial charge in [0.1, 0.15) is 17.2 Å². The maximum absolute atomic E-state index is 8.63. The zero-order valence-electron chi connectivity index (χ0n) is 17.7. The lowest BCUT2D eigenvalue weighted by molar-refractivity contribution is 0.268. The van der Waals surface area contributed by atoms with E-state index >= 15 is 0 Å². The first kappa shape index (κ1) is 31.1. The van der Waals surface area contributed by atoms with Crippen molar-refractivity contribution in [2.45, 2.75) is 24.6 Å². The van der Waals surface area contributed by atoms with E-state index in [1.807, 2.05) is 18.2 Å². The number of aliphatic hydroxyl groups is 1. The average Bonchev–Trinajstić information content (AvgIpc) is 2.71. The molecule has 31 heavy (non-hydrogen) atoms. The van der Waals surface area contributed by atoms with Crippen molar-refractivity contribution in [3.63, 3.8) is 0 Å². The van der Waals surface area contributed by atoms with Crippen LogP contribution in [0.1, 0.15) is 20.3 Å².